The maximum atomic E-state index is 4.43. The van der Waals surface area contributed by atoms with Crippen LogP contribution >= 0.6 is 0 Å². The van der Waals surface area contributed by atoms with Gasteiger partial charge in [-0.3, -0.25) is 0 Å². The second-order valence-electron chi connectivity index (χ2n) is 5.32. The van der Waals surface area contributed by atoms with E-state index >= 15 is 0 Å². The van der Waals surface area contributed by atoms with Gasteiger partial charge in [0.15, 0.2) is 5.82 Å². The monoisotopic (exact) mass is 305 g/mol. The van der Waals surface area contributed by atoms with Crippen molar-refractivity contribution < 1.29 is 0 Å². The van der Waals surface area contributed by atoms with E-state index in [0.717, 1.165) is 18.7 Å². The molecule has 116 valence electrons. The first-order valence-corrected chi connectivity index (χ1v) is 7.61. The van der Waals surface area contributed by atoms with Gasteiger partial charge in [0.1, 0.15) is 0 Å². The van der Waals surface area contributed by atoms with E-state index in [1.165, 1.54) is 11.1 Å². The Balaban J connectivity index is 1.57. The first-order chi connectivity index (χ1) is 11.3. The Bertz CT molecular complexity index is 741. The first kappa shape index (κ1) is 15.0. The van der Waals surface area contributed by atoms with Crippen LogP contribution in [-0.2, 0) is 6.42 Å². The molecule has 0 aliphatic heterocycles. The lowest BCUT2D eigenvalue weighted by molar-refractivity contribution is 0.950. The number of nitrogens with one attached hydrogen (secondary N) is 2. The maximum Gasteiger partial charge on any atom is 0.249 e. The number of anilines is 3. The predicted octanol–water partition coefficient (Wildman–Crippen LogP) is 3.58. The average Bonchev–Trinajstić information content (AvgIpc) is 2.58. The van der Waals surface area contributed by atoms with Gasteiger partial charge in [0, 0.05) is 12.2 Å². The zero-order valence-electron chi connectivity index (χ0n) is 13.0. The minimum atomic E-state index is 0.485. The highest BCUT2D eigenvalue weighted by Gasteiger charge is 2.01. The SMILES string of the molecule is Cc1ccc(Nc2nncc(NCCc3ccccc3)n2)cc1. The fourth-order valence-corrected chi connectivity index (χ4v) is 2.19. The lowest BCUT2D eigenvalue weighted by Gasteiger charge is -2.08. The highest BCUT2D eigenvalue weighted by molar-refractivity contribution is 5.54. The van der Waals surface area contributed by atoms with Crippen LogP contribution in [0.4, 0.5) is 17.5 Å². The molecule has 0 aliphatic carbocycles. The summed E-state index contributed by atoms with van der Waals surface area (Å²) >= 11 is 0. The molecule has 1 heterocycles. The number of hydrogen-bond acceptors (Lipinski definition) is 5. The van der Waals surface area contributed by atoms with E-state index in [2.05, 4.69) is 44.9 Å². The Morgan fingerprint density at radius 3 is 2.52 bits per heavy atom. The van der Waals surface area contributed by atoms with E-state index in [4.69, 9.17) is 0 Å². The largest absolute Gasteiger partial charge is 0.368 e. The molecule has 23 heavy (non-hydrogen) atoms. The van der Waals surface area contributed by atoms with Crippen molar-refractivity contribution in [2.45, 2.75) is 13.3 Å². The molecule has 0 amide bonds. The van der Waals surface area contributed by atoms with Gasteiger partial charge in [-0.15, -0.1) is 5.10 Å². The van der Waals surface area contributed by atoms with Crippen molar-refractivity contribution in [3.63, 3.8) is 0 Å². The number of aromatic nitrogens is 3. The molecule has 0 spiro atoms. The van der Waals surface area contributed by atoms with E-state index < -0.39 is 0 Å². The van der Waals surface area contributed by atoms with Crippen molar-refractivity contribution in [2.24, 2.45) is 0 Å². The Morgan fingerprint density at radius 1 is 0.957 bits per heavy atom. The van der Waals surface area contributed by atoms with Gasteiger partial charge in [-0.1, -0.05) is 48.0 Å². The normalized spacial score (nSPS) is 10.3. The summed E-state index contributed by atoms with van der Waals surface area (Å²) in [6, 6.07) is 18.4. The van der Waals surface area contributed by atoms with Crippen LogP contribution in [0.15, 0.2) is 60.8 Å². The van der Waals surface area contributed by atoms with Crippen molar-refractivity contribution in [1.29, 1.82) is 0 Å². The van der Waals surface area contributed by atoms with Crippen LogP contribution in [0.1, 0.15) is 11.1 Å². The lowest BCUT2D eigenvalue weighted by atomic mass is 10.1. The van der Waals surface area contributed by atoms with Crippen LogP contribution in [0.25, 0.3) is 0 Å². The smallest absolute Gasteiger partial charge is 0.249 e. The highest BCUT2D eigenvalue weighted by Crippen LogP contribution is 2.14. The van der Waals surface area contributed by atoms with Crippen LogP contribution in [-0.4, -0.2) is 21.7 Å². The second kappa shape index (κ2) is 7.35. The van der Waals surface area contributed by atoms with Gasteiger partial charge in [-0.25, -0.2) is 0 Å². The predicted molar refractivity (Wildman–Crippen MR) is 92.9 cm³/mol. The zero-order chi connectivity index (χ0) is 15.9. The topological polar surface area (TPSA) is 62.7 Å². The zero-order valence-corrected chi connectivity index (χ0v) is 13.0. The number of hydrogen-bond donors (Lipinski definition) is 2. The molecule has 0 atom stereocenters. The standard InChI is InChI=1S/C18H19N5/c1-14-7-9-16(10-8-14)21-18-22-17(13-20-23-18)19-12-11-15-5-3-2-4-6-15/h2-10,13H,11-12H2,1H3,(H2,19,21,22,23). The molecule has 2 N–H and O–H groups in total. The summed E-state index contributed by atoms with van der Waals surface area (Å²) in [6.45, 7) is 2.85. The summed E-state index contributed by atoms with van der Waals surface area (Å²) in [5, 5.41) is 14.4. The number of benzene rings is 2. The van der Waals surface area contributed by atoms with E-state index in [9.17, 15) is 0 Å². The molecular weight excluding hydrogens is 286 g/mol. The summed E-state index contributed by atoms with van der Waals surface area (Å²) < 4.78 is 0. The number of rotatable bonds is 6. The second-order valence-corrected chi connectivity index (χ2v) is 5.32. The van der Waals surface area contributed by atoms with Crippen LogP contribution in [0.5, 0.6) is 0 Å². The van der Waals surface area contributed by atoms with E-state index in [1.54, 1.807) is 6.20 Å². The van der Waals surface area contributed by atoms with Crippen LogP contribution in [0.2, 0.25) is 0 Å². The van der Waals surface area contributed by atoms with Gasteiger partial charge in [-0.05, 0) is 31.0 Å². The third-order valence-corrected chi connectivity index (χ3v) is 3.43. The molecule has 1 aromatic heterocycles. The molecule has 5 heteroatoms. The quantitative estimate of drug-likeness (QED) is 0.729. The average molecular weight is 305 g/mol. The van der Waals surface area contributed by atoms with Gasteiger partial charge in [0.25, 0.3) is 0 Å². The summed E-state index contributed by atoms with van der Waals surface area (Å²) in [4.78, 5) is 4.43. The molecule has 0 saturated heterocycles. The van der Waals surface area contributed by atoms with Crippen molar-refractivity contribution in [2.75, 3.05) is 17.2 Å². The minimum Gasteiger partial charge on any atom is -0.368 e. The summed E-state index contributed by atoms with van der Waals surface area (Å²) in [5.74, 6) is 1.20. The third-order valence-electron chi connectivity index (χ3n) is 3.43. The highest BCUT2D eigenvalue weighted by atomic mass is 15.3. The van der Waals surface area contributed by atoms with Gasteiger partial charge >= 0.3 is 0 Å². The van der Waals surface area contributed by atoms with Crippen LogP contribution < -0.4 is 10.6 Å². The molecule has 3 rings (SSSR count). The summed E-state index contributed by atoms with van der Waals surface area (Å²) in [7, 11) is 0. The fourth-order valence-electron chi connectivity index (χ4n) is 2.19. The number of nitrogens with zero attached hydrogens (tertiary/aromatic N) is 3. The Kier molecular flexibility index (Phi) is 4.79. The molecule has 0 fully saturated rings. The summed E-state index contributed by atoms with van der Waals surface area (Å²) in [5.41, 5.74) is 3.45. The Hall–Kier alpha value is -2.95. The molecule has 0 unspecified atom stereocenters. The Labute approximate surface area is 135 Å². The molecule has 0 saturated carbocycles. The molecular formula is C18H19N5. The molecule has 0 aliphatic rings. The van der Waals surface area contributed by atoms with Crippen LogP contribution in [0, 0.1) is 6.92 Å². The van der Waals surface area contributed by atoms with Crippen molar-refractivity contribution in [1.82, 2.24) is 15.2 Å². The number of aryl methyl sites for hydroxylation is 1. The minimum absolute atomic E-state index is 0.485. The molecule has 2 aromatic carbocycles. The lowest BCUT2D eigenvalue weighted by Crippen LogP contribution is -2.08. The van der Waals surface area contributed by atoms with Crippen molar-refractivity contribution >= 4 is 17.5 Å². The van der Waals surface area contributed by atoms with Gasteiger partial charge in [0.05, 0.1) is 6.20 Å². The van der Waals surface area contributed by atoms with Crippen LogP contribution in [0.3, 0.4) is 0 Å². The van der Waals surface area contributed by atoms with Crippen molar-refractivity contribution in [3.05, 3.63) is 71.9 Å². The van der Waals surface area contributed by atoms with E-state index in [-0.39, 0.29) is 0 Å². The van der Waals surface area contributed by atoms with Gasteiger partial charge in [0.2, 0.25) is 5.95 Å². The third kappa shape index (κ3) is 4.51. The van der Waals surface area contributed by atoms with Crippen molar-refractivity contribution in [3.8, 4) is 0 Å². The Morgan fingerprint density at radius 2 is 1.74 bits per heavy atom. The molecule has 0 radical (unpaired) electrons. The fraction of sp³-hybridized carbons (Fsp3) is 0.167. The molecule has 0 bridgehead atoms. The van der Waals surface area contributed by atoms with E-state index in [1.807, 2.05) is 42.5 Å². The van der Waals surface area contributed by atoms with Gasteiger partial charge < -0.3 is 10.6 Å². The van der Waals surface area contributed by atoms with Gasteiger partial charge in [-0.2, -0.15) is 10.1 Å². The molecule has 5 nitrogen and oxygen atoms in total. The summed E-state index contributed by atoms with van der Waals surface area (Å²) in [6.07, 6.45) is 2.57. The first-order valence-electron chi connectivity index (χ1n) is 7.61. The maximum absolute atomic E-state index is 4.43. The molecule has 3 aromatic rings. The van der Waals surface area contributed by atoms with E-state index in [0.29, 0.717) is 11.8 Å².